The van der Waals surface area contributed by atoms with Crippen molar-refractivity contribution in [3.63, 3.8) is 0 Å². The van der Waals surface area contributed by atoms with Crippen molar-refractivity contribution < 1.29 is 0 Å². The summed E-state index contributed by atoms with van der Waals surface area (Å²) in [6.45, 7) is 0. The van der Waals surface area contributed by atoms with Gasteiger partial charge in [-0.05, 0) is 18.8 Å². The third kappa shape index (κ3) is 2.84. The van der Waals surface area contributed by atoms with Crippen molar-refractivity contribution in [3.8, 4) is 11.8 Å². The highest BCUT2D eigenvalue weighted by Crippen LogP contribution is 2.23. The molecule has 1 aromatic rings. The van der Waals surface area contributed by atoms with Gasteiger partial charge in [0, 0.05) is 12.0 Å². The zero-order valence-corrected chi connectivity index (χ0v) is 9.09. The van der Waals surface area contributed by atoms with E-state index in [1.165, 1.54) is 25.7 Å². The van der Waals surface area contributed by atoms with E-state index in [-0.39, 0.29) is 5.95 Å². The largest absolute Gasteiger partial charge is 0.368 e. The maximum atomic E-state index is 5.75. The first kappa shape index (κ1) is 10.3. The molecule has 0 radical (unpaired) electrons. The Bertz CT molecular complexity index is 393. The molecule has 2 N–H and O–H groups in total. The zero-order chi connectivity index (χ0) is 10.7. The molecule has 1 heterocycles. The second kappa shape index (κ2) is 4.50. The van der Waals surface area contributed by atoms with Crippen LogP contribution in [0.25, 0.3) is 0 Å². The third-order valence-corrected chi connectivity index (χ3v) is 2.67. The highest BCUT2D eigenvalue weighted by molar-refractivity contribution is 6.29. The van der Waals surface area contributed by atoms with Crippen molar-refractivity contribution >= 4 is 17.5 Å². The smallest absolute Gasteiger partial charge is 0.222 e. The molecule has 1 aromatic heterocycles. The van der Waals surface area contributed by atoms with Crippen molar-refractivity contribution in [1.29, 1.82) is 0 Å². The van der Waals surface area contributed by atoms with Gasteiger partial charge in [0.1, 0.15) is 10.8 Å². The van der Waals surface area contributed by atoms with E-state index >= 15 is 0 Å². The van der Waals surface area contributed by atoms with E-state index in [1.54, 1.807) is 6.07 Å². The van der Waals surface area contributed by atoms with Gasteiger partial charge in [-0.2, -0.15) is 0 Å². The molecule has 4 heteroatoms. The lowest BCUT2D eigenvalue weighted by molar-refractivity contribution is 0.712. The summed E-state index contributed by atoms with van der Waals surface area (Å²) in [6.07, 6.45) is 4.96. The van der Waals surface area contributed by atoms with Crippen molar-refractivity contribution in [1.82, 2.24) is 9.97 Å². The third-order valence-electron chi connectivity index (χ3n) is 2.47. The summed E-state index contributed by atoms with van der Waals surface area (Å²) in [5, 5.41) is 0.346. The fraction of sp³-hybridized carbons (Fsp3) is 0.455. The number of aromatic nitrogens is 2. The normalized spacial score (nSPS) is 16.1. The number of rotatable bonds is 0. The molecule has 0 bridgehead atoms. The Labute approximate surface area is 94.1 Å². The van der Waals surface area contributed by atoms with Gasteiger partial charge < -0.3 is 5.73 Å². The Balaban J connectivity index is 2.15. The first-order chi connectivity index (χ1) is 7.24. The van der Waals surface area contributed by atoms with Gasteiger partial charge in [0.25, 0.3) is 0 Å². The first-order valence-corrected chi connectivity index (χ1v) is 5.43. The summed E-state index contributed by atoms with van der Waals surface area (Å²) in [6, 6.07) is 1.64. The van der Waals surface area contributed by atoms with Crippen LogP contribution in [0, 0.1) is 17.8 Å². The SMILES string of the molecule is Nc1nc(Cl)cc(C#CC2CCCC2)n1. The summed E-state index contributed by atoms with van der Waals surface area (Å²) in [5.74, 6) is 6.89. The van der Waals surface area contributed by atoms with Gasteiger partial charge >= 0.3 is 0 Å². The Kier molecular flexibility index (Phi) is 3.08. The Morgan fingerprint density at radius 2 is 2.07 bits per heavy atom. The van der Waals surface area contributed by atoms with Crippen LogP contribution in [0.3, 0.4) is 0 Å². The fourth-order valence-electron chi connectivity index (χ4n) is 1.75. The number of anilines is 1. The molecule has 0 aromatic carbocycles. The van der Waals surface area contributed by atoms with Gasteiger partial charge in [0.05, 0.1) is 0 Å². The molecule has 1 fully saturated rings. The van der Waals surface area contributed by atoms with Crippen LogP contribution in [0.5, 0.6) is 0 Å². The second-order valence-corrected chi connectivity index (χ2v) is 4.07. The standard InChI is InChI=1S/C11H12ClN3/c12-10-7-9(14-11(13)15-10)6-5-8-3-1-2-4-8/h7-8H,1-4H2,(H2,13,14,15). The summed E-state index contributed by atoms with van der Waals surface area (Å²) >= 11 is 5.75. The van der Waals surface area contributed by atoms with Crippen molar-refractivity contribution in [3.05, 3.63) is 16.9 Å². The van der Waals surface area contributed by atoms with Crippen molar-refractivity contribution in [2.75, 3.05) is 5.73 Å². The van der Waals surface area contributed by atoms with Crippen LogP contribution in [-0.2, 0) is 0 Å². The molecule has 0 atom stereocenters. The molecule has 0 saturated heterocycles. The van der Waals surface area contributed by atoms with Crippen LogP contribution < -0.4 is 5.73 Å². The summed E-state index contributed by atoms with van der Waals surface area (Å²) in [4.78, 5) is 7.78. The average Bonchev–Trinajstić information content (AvgIpc) is 2.65. The Morgan fingerprint density at radius 3 is 2.73 bits per heavy atom. The maximum Gasteiger partial charge on any atom is 0.222 e. The molecular formula is C11H12ClN3. The van der Waals surface area contributed by atoms with E-state index < -0.39 is 0 Å². The predicted molar refractivity (Wildman–Crippen MR) is 60.3 cm³/mol. The van der Waals surface area contributed by atoms with Crippen LogP contribution >= 0.6 is 11.6 Å². The lowest BCUT2D eigenvalue weighted by Gasteiger charge is -1.96. The number of halogens is 1. The average molecular weight is 222 g/mol. The Hall–Kier alpha value is -1.27. The summed E-state index contributed by atoms with van der Waals surface area (Å²) in [5.41, 5.74) is 6.08. The summed E-state index contributed by atoms with van der Waals surface area (Å²) < 4.78 is 0. The molecule has 3 nitrogen and oxygen atoms in total. The molecule has 15 heavy (non-hydrogen) atoms. The minimum Gasteiger partial charge on any atom is -0.368 e. The van der Waals surface area contributed by atoms with Gasteiger partial charge in [-0.15, -0.1) is 0 Å². The fourth-order valence-corrected chi connectivity index (χ4v) is 1.94. The van der Waals surface area contributed by atoms with Gasteiger partial charge in [-0.1, -0.05) is 30.4 Å². The van der Waals surface area contributed by atoms with Crippen LogP contribution in [0.15, 0.2) is 6.07 Å². The number of nitrogen functional groups attached to an aromatic ring is 1. The molecule has 1 aliphatic carbocycles. The topological polar surface area (TPSA) is 51.8 Å². The predicted octanol–water partition coefficient (Wildman–Crippen LogP) is 2.25. The van der Waals surface area contributed by atoms with E-state index in [1.807, 2.05) is 0 Å². The van der Waals surface area contributed by atoms with E-state index in [9.17, 15) is 0 Å². The molecule has 0 amide bonds. The van der Waals surface area contributed by atoms with Crippen molar-refractivity contribution in [2.24, 2.45) is 5.92 Å². The lowest BCUT2D eigenvalue weighted by Crippen LogP contribution is -1.97. The van der Waals surface area contributed by atoms with Crippen LogP contribution in [0.2, 0.25) is 5.15 Å². The van der Waals surface area contributed by atoms with E-state index in [0.717, 1.165) is 0 Å². The molecule has 1 saturated carbocycles. The minimum absolute atomic E-state index is 0.179. The molecule has 0 aliphatic heterocycles. The summed E-state index contributed by atoms with van der Waals surface area (Å²) in [7, 11) is 0. The van der Waals surface area contributed by atoms with Crippen LogP contribution in [-0.4, -0.2) is 9.97 Å². The number of hydrogen-bond donors (Lipinski definition) is 1. The molecule has 1 aliphatic rings. The molecule has 0 spiro atoms. The number of hydrogen-bond acceptors (Lipinski definition) is 3. The first-order valence-electron chi connectivity index (χ1n) is 5.05. The zero-order valence-electron chi connectivity index (χ0n) is 8.33. The second-order valence-electron chi connectivity index (χ2n) is 3.68. The molecular weight excluding hydrogens is 210 g/mol. The maximum absolute atomic E-state index is 5.75. The molecule has 0 unspecified atom stereocenters. The van der Waals surface area contributed by atoms with Gasteiger partial charge in [-0.25, -0.2) is 9.97 Å². The van der Waals surface area contributed by atoms with E-state index in [2.05, 4.69) is 21.8 Å². The molecule has 2 rings (SSSR count). The van der Waals surface area contributed by atoms with Crippen LogP contribution in [0.4, 0.5) is 5.95 Å². The lowest BCUT2D eigenvalue weighted by atomic mass is 10.1. The van der Waals surface area contributed by atoms with Gasteiger partial charge in [0.15, 0.2) is 0 Å². The van der Waals surface area contributed by atoms with Gasteiger partial charge in [0.2, 0.25) is 5.95 Å². The molecule has 78 valence electrons. The van der Waals surface area contributed by atoms with Crippen molar-refractivity contribution in [2.45, 2.75) is 25.7 Å². The van der Waals surface area contributed by atoms with Crippen LogP contribution in [0.1, 0.15) is 31.4 Å². The number of nitrogens with zero attached hydrogens (tertiary/aromatic N) is 2. The monoisotopic (exact) mass is 221 g/mol. The quantitative estimate of drug-likeness (QED) is 0.540. The highest BCUT2D eigenvalue weighted by atomic mass is 35.5. The van der Waals surface area contributed by atoms with E-state index in [4.69, 9.17) is 17.3 Å². The van der Waals surface area contributed by atoms with E-state index in [0.29, 0.717) is 16.8 Å². The minimum atomic E-state index is 0.179. The highest BCUT2D eigenvalue weighted by Gasteiger charge is 2.11. The van der Waals surface area contributed by atoms with Gasteiger partial charge in [-0.3, -0.25) is 0 Å². The Morgan fingerprint density at radius 1 is 1.33 bits per heavy atom. The number of nitrogens with two attached hydrogens (primary N) is 1.